The summed E-state index contributed by atoms with van der Waals surface area (Å²) in [5.74, 6) is 0.495. The summed E-state index contributed by atoms with van der Waals surface area (Å²) in [4.78, 5) is 14.7. The van der Waals surface area contributed by atoms with Gasteiger partial charge in [0, 0.05) is 31.1 Å². The Morgan fingerprint density at radius 3 is 2.58 bits per heavy atom. The molecule has 1 aromatic carbocycles. The van der Waals surface area contributed by atoms with Crippen LogP contribution in [-0.2, 0) is 0 Å². The van der Waals surface area contributed by atoms with E-state index in [0.29, 0.717) is 11.5 Å². The average molecular weight is 375 g/mol. The van der Waals surface area contributed by atoms with Gasteiger partial charge in [0.1, 0.15) is 5.82 Å². The Bertz CT molecular complexity index is 650. The van der Waals surface area contributed by atoms with Crippen LogP contribution in [0.4, 0.5) is 4.39 Å². The lowest BCUT2D eigenvalue weighted by molar-refractivity contribution is 0.0872. The molecule has 1 saturated heterocycles. The lowest BCUT2D eigenvalue weighted by Gasteiger charge is -2.33. The largest absolute Gasteiger partial charge is 0.363 e. The number of halogens is 1. The molecule has 5 heteroatoms. The van der Waals surface area contributed by atoms with Crippen molar-refractivity contribution < 1.29 is 9.18 Å². The Morgan fingerprint density at radius 1 is 1.19 bits per heavy atom. The van der Waals surface area contributed by atoms with Crippen LogP contribution in [-0.4, -0.2) is 35.4 Å². The highest BCUT2D eigenvalue weighted by Crippen LogP contribution is 2.22. The van der Waals surface area contributed by atoms with Gasteiger partial charge in [-0.15, -0.1) is 0 Å². The molecular weight excluding hydrogens is 347 g/mol. The summed E-state index contributed by atoms with van der Waals surface area (Å²) in [6, 6.07) is 5.86. The molecule has 1 fully saturated rings. The number of carbonyl (C=O) groups excluding carboxylic acids is 1. The van der Waals surface area contributed by atoms with E-state index in [-0.39, 0.29) is 17.5 Å². The average Bonchev–Trinajstić information content (AvgIpc) is 2.69. The van der Waals surface area contributed by atoms with Crippen molar-refractivity contribution >= 4 is 23.1 Å². The van der Waals surface area contributed by atoms with Crippen LogP contribution < -0.4 is 5.32 Å². The highest BCUT2D eigenvalue weighted by atomic mass is 32.1. The number of nitrogens with one attached hydrogen (secondary N) is 1. The van der Waals surface area contributed by atoms with Gasteiger partial charge in [-0.1, -0.05) is 12.2 Å². The molecule has 0 spiro atoms. The number of benzene rings is 1. The van der Waals surface area contributed by atoms with Crippen LogP contribution in [0.25, 0.3) is 0 Å². The Kier molecular flexibility index (Phi) is 6.78. The molecule has 1 aromatic rings. The standard InChI is InChI=1S/C21H27FN2OS/c22-19-8-6-17(7-9-19)20(25)18-11-14-24(15-12-18)21(26)23-13-10-16-4-2-1-3-5-16/h2,4,6-9,16,18H,1,3,5,10-15H2,(H,23,26)/t16-/m1/s1. The smallest absolute Gasteiger partial charge is 0.168 e. The molecule has 0 unspecified atom stereocenters. The number of ketones is 1. The van der Waals surface area contributed by atoms with Crippen molar-refractivity contribution in [1.82, 2.24) is 10.2 Å². The van der Waals surface area contributed by atoms with Crippen molar-refractivity contribution in [3.05, 3.63) is 47.8 Å². The van der Waals surface area contributed by atoms with Crippen LogP contribution in [0.1, 0.15) is 48.9 Å². The minimum absolute atomic E-state index is 0.00638. The van der Waals surface area contributed by atoms with Crippen molar-refractivity contribution in [3.63, 3.8) is 0 Å². The molecule has 3 rings (SSSR count). The Hall–Kier alpha value is -1.75. The van der Waals surface area contributed by atoms with Crippen molar-refractivity contribution in [2.45, 2.75) is 38.5 Å². The predicted octanol–water partition coefficient (Wildman–Crippen LogP) is 4.34. The third-order valence-electron chi connectivity index (χ3n) is 5.43. The van der Waals surface area contributed by atoms with E-state index in [4.69, 9.17) is 12.2 Å². The summed E-state index contributed by atoms with van der Waals surface area (Å²) >= 11 is 5.52. The lowest BCUT2D eigenvalue weighted by Crippen LogP contribution is -2.45. The molecule has 1 aliphatic heterocycles. The molecule has 26 heavy (non-hydrogen) atoms. The van der Waals surface area contributed by atoms with Crippen molar-refractivity contribution in [2.75, 3.05) is 19.6 Å². The molecule has 0 bridgehead atoms. The minimum atomic E-state index is -0.309. The van der Waals surface area contributed by atoms with Crippen LogP contribution in [0, 0.1) is 17.7 Å². The van der Waals surface area contributed by atoms with Crippen LogP contribution in [0.5, 0.6) is 0 Å². The summed E-state index contributed by atoms with van der Waals surface area (Å²) in [6.07, 6.45) is 11.1. The van der Waals surface area contributed by atoms with Crippen LogP contribution >= 0.6 is 12.2 Å². The molecular formula is C21H27FN2OS. The number of carbonyl (C=O) groups is 1. The van der Waals surface area contributed by atoms with Gasteiger partial charge >= 0.3 is 0 Å². The maximum Gasteiger partial charge on any atom is 0.168 e. The second kappa shape index (κ2) is 9.26. The Balaban J connectivity index is 1.40. The normalized spacial score (nSPS) is 20.8. The summed E-state index contributed by atoms with van der Waals surface area (Å²) in [5, 5.41) is 4.18. The molecule has 0 amide bonds. The third-order valence-corrected chi connectivity index (χ3v) is 5.83. The maximum absolute atomic E-state index is 13.0. The van der Waals surface area contributed by atoms with Gasteiger partial charge in [-0.25, -0.2) is 4.39 Å². The number of nitrogens with zero attached hydrogens (tertiary/aromatic N) is 1. The highest BCUT2D eigenvalue weighted by Gasteiger charge is 2.26. The van der Waals surface area contributed by atoms with E-state index in [1.165, 1.54) is 31.4 Å². The van der Waals surface area contributed by atoms with E-state index < -0.39 is 0 Å². The van der Waals surface area contributed by atoms with Gasteiger partial charge in [0.25, 0.3) is 0 Å². The van der Waals surface area contributed by atoms with E-state index in [0.717, 1.165) is 44.0 Å². The van der Waals surface area contributed by atoms with Gasteiger partial charge < -0.3 is 10.2 Å². The number of allylic oxidation sites excluding steroid dienone is 2. The monoisotopic (exact) mass is 374 g/mol. The summed E-state index contributed by atoms with van der Waals surface area (Å²) in [6.45, 7) is 2.50. The zero-order valence-electron chi connectivity index (χ0n) is 15.1. The fourth-order valence-electron chi connectivity index (χ4n) is 3.79. The zero-order valence-corrected chi connectivity index (χ0v) is 15.9. The van der Waals surface area contributed by atoms with Crippen LogP contribution in [0.15, 0.2) is 36.4 Å². The SMILES string of the molecule is O=C(c1ccc(F)cc1)C1CCN(C(=S)NCC[C@@H]2C=CCCC2)CC1. The lowest BCUT2D eigenvalue weighted by atomic mass is 9.89. The number of thiocarbonyl (C=S) groups is 1. The first kappa shape index (κ1) is 19.0. The Labute approximate surface area is 160 Å². The van der Waals surface area contributed by atoms with Crippen LogP contribution in [0.3, 0.4) is 0 Å². The van der Waals surface area contributed by atoms with E-state index in [9.17, 15) is 9.18 Å². The molecule has 3 nitrogen and oxygen atoms in total. The summed E-state index contributed by atoms with van der Waals surface area (Å²) < 4.78 is 13.0. The first-order chi connectivity index (χ1) is 12.6. The van der Waals surface area contributed by atoms with Gasteiger partial charge in [0.2, 0.25) is 0 Å². The molecule has 0 radical (unpaired) electrons. The predicted molar refractivity (Wildman–Crippen MR) is 107 cm³/mol. The van der Waals surface area contributed by atoms with E-state index >= 15 is 0 Å². The zero-order chi connectivity index (χ0) is 18.4. The van der Waals surface area contributed by atoms with E-state index in [1.54, 1.807) is 12.1 Å². The second-order valence-corrected chi connectivity index (χ2v) is 7.66. The minimum Gasteiger partial charge on any atom is -0.363 e. The van der Waals surface area contributed by atoms with E-state index in [1.807, 2.05) is 0 Å². The fourth-order valence-corrected chi connectivity index (χ4v) is 4.08. The molecule has 2 aliphatic rings. The summed E-state index contributed by atoms with van der Waals surface area (Å²) in [7, 11) is 0. The number of likely N-dealkylation sites (tertiary alicyclic amines) is 1. The number of hydrogen-bond acceptors (Lipinski definition) is 2. The van der Waals surface area contributed by atoms with Gasteiger partial charge in [-0.2, -0.15) is 0 Å². The maximum atomic E-state index is 13.0. The first-order valence-corrected chi connectivity index (χ1v) is 10.0. The first-order valence-electron chi connectivity index (χ1n) is 9.62. The molecule has 1 aliphatic carbocycles. The molecule has 140 valence electrons. The van der Waals surface area contributed by atoms with Crippen molar-refractivity contribution in [2.24, 2.45) is 11.8 Å². The molecule has 0 aromatic heterocycles. The number of Topliss-reactive ketones (excluding diaryl/α,β-unsaturated/α-hetero) is 1. The third kappa shape index (κ3) is 5.13. The topological polar surface area (TPSA) is 32.3 Å². The van der Waals surface area contributed by atoms with Crippen molar-refractivity contribution in [3.8, 4) is 0 Å². The van der Waals surface area contributed by atoms with Gasteiger partial charge in [0.05, 0.1) is 0 Å². The van der Waals surface area contributed by atoms with Gasteiger partial charge in [-0.05, 0) is 80.9 Å². The number of piperidine rings is 1. The molecule has 1 atom stereocenters. The molecule has 0 saturated carbocycles. The number of rotatable bonds is 5. The highest BCUT2D eigenvalue weighted by molar-refractivity contribution is 7.80. The quantitative estimate of drug-likeness (QED) is 0.472. The molecule has 1 N–H and O–H groups in total. The van der Waals surface area contributed by atoms with Gasteiger partial charge in [-0.3, -0.25) is 4.79 Å². The number of hydrogen-bond donors (Lipinski definition) is 1. The fraction of sp³-hybridized carbons (Fsp3) is 0.524. The second-order valence-electron chi connectivity index (χ2n) is 7.27. The van der Waals surface area contributed by atoms with E-state index in [2.05, 4.69) is 22.4 Å². The van der Waals surface area contributed by atoms with Crippen LogP contribution in [0.2, 0.25) is 0 Å². The Morgan fingerprint density at radius 2 is 1.92 bits per heavy atom. The summed E-state index contributed by atoms with van der Waals surface area (Å²) in [5.41, 5.74) is 0.603. The van der Waals surface area contributed by atoms with Crippen molar-refractivity contribution in [1.29, 1.82) is 0 Å². The molecule has 1 heterocycles. The van der Waals surface area contributed by atoms with Gasteiger partial charge in [0.15, 0.2) is 10.9 Å².